The first-order valence-electron chi connectivity index (χ1n) is 7.07. The zero-order valence-electron chi connectivity index (χ0n) is 11.4. The van der Waals surface area contributed by atoms with Crippen LogP contribution in [0.5, 0.6) is 0 Å². The number of aliphatic hydroxyl groups is 1. The summed E-state index contributed by atoms with van der Waals surface area (Å²) in [6.45, 7) is 1.94. The Hall–Kier alpha value is -1.88. The predicted molar refractivity (Wildman–Crippen MR) is 75.6 cm³/mol. The van der Waals surface area contributed by atoms with Gasteiger partial charge in [0.25, 0.3) is 0 Å². The Balaban J connectivity index is 1.67. The zero-order valence-corrected chi connectivity index (χ0v) is 11.4. The van der Waals surface area contributed by atoms with E-state index in [2.05, 4.69) is 15.1 Å². The van der Waals surface area contributed by atoms with Gasteiger partial charge in [0.15, 0.2) is 0 Å². The summed E-state index contributed by atoms with van der Waals surface area (Å²) < 4.78 is 5.74. The quantitative estimate of drug-likeness (QED) is 0.921. The van der Waals surface area contributed by atoms with Gasteiger partial charge in [-0.2, -0.15) is 0 Å². The van der Waals surface area contributed by atoms with Gasteiger partial charge in [0, 0.05) is 19.7 Å². The van der Waals surface area contributed by atoms with Crippen LogP contribution in [-0.2, 0) is 6.42 Å². The number of nitrogens with zero attached hydrogens (tertiary/aromatic N) is 3. The molecule has 1 aromatic carbocycles. The van der Waals surface area contributed by atoms with Crippen LogP contribution in [0.3, 0.4) is 0 Å². The van der Waals surface area contributed by atoms with Gasteiger partial charge in [0.2, 0.25) is 5.89 Å². The van der Waals surface area contributed by atoms with Gasteiger partial charge in [-0.05, 0) is 24.3 Å². The van der Waals surface area contributed by atoms with Crippen LogP contribution in [0.15, 0.2) is 34.7 Å². The minimum atomic E-state index is 0.224. The van der Waals surface area contributed by atoms with Gasteiger partial charge in [-0.1, -0.05) is 35.4 Å². The lowest BCUT2D eigenvalue weighted by Crippen LogP contribution is -2.37. The summed E-state index contributed by atoms with van der Waals surface area (Å²) in [5.74, 6) is 0.950. The number of anilines is 1. The molecule has 1 atom stereocenters. The van der Waals surface area contributed by atoms with Crippen molar-refractivity contribution in [3.8, 4) is 0 Å². The number of aliphatic hydroxyl groups excluding tert-OH is 1. The van der Waals surface area contributed by atoms with E-state index >= 15 is 0 Å². The molecule has 1 fully saturated rings. The summed E-state index contributed by atoms with van der Waals surface area (Å²) in [6.07, 6.45) is 2.78. The topological polar surface area (TPSA) is 62.4 Å². The van der Waals surface area contributed by atoms with E-state index in [4.69, 9.17) is 4.42 Å². The Morgan fingerprint density at radius 3 is 2.90 bits per heavy atom. The summed E-state index contributed by atoms with van der Waals surface area (Å²) >= 11 is 0. The van der Waals surface area contributed by atoms with E-state index in [9.17, 15) is 5.11 Å². The first-order chi connectivity index (χ1) is 9.85. The third-order valence-corrected chi connectivity index (χ3v) is 3.70. The van der Waals surface area contributed by atoms with Crippen molar-refractivity contribution >= 4 is 6.01 Å². The first kappa shape index (κ1) is 13.1. The number of hydrogen-bond acceptors (Lipinski definition) is 5. The molecule has 1 aliphatic heterocycles. The van der Waals surface area contributed by atoms with Crippen LogP contribution < -0.4 is 4.90 Å². The van der Waals surface area contributed by atoms with Crippen LogP contribution in [0.4, 0.5) is 6.01 Å². The van der Waals surface area contributed by atoms with Crippen molar-refractivity contribution in [2.45, 2.75) is 19.3 Å². The summed E-state index contributed by atoms with van der Waals surface area (Å²) in [5.41, 5.74) is 1.16. The van der Waals surface area contributed by atoms with Crippen molar-refractivity contribution in [3.05, 3.63) is 41.8 Å². The van der Waals surface area contributed by atoms with E-state index in [-0.39, 0.29) is 6.61 Å². The predicted octanol–water partition coefficient (Wildman–Crippen LogP) is 1.87. The smallest absolute Gasteiger partial charge is 0.318 e. The molecule has 2 aromatic rings. The van der Waals surface area contributed by atoms with Gasteiger partial charge in [-0.3, -0.25) is 0 Å². The summed E-state index contributed by atoms with van der Waals surface area (Å²) in [4.78, 5) is 2.08. The van der Waals surface area contributed by atoms with Gasteiger partial charge in [-0.25, -0.2) is 0 Å². The van der Waals surface area contributed by atoms with Crippen LogP contribution in [0.2, 0.25) is 0 Å². The third kappa shape index (κ3) is 2.99. The summed E-state index contributed by atoms with van der Waals surface area (Å²) in [6, 6.07) is 10.7. The molecule has 0 amide bonds. The van der Waals surface area contributed by atoms with Crippen molar-refractivity contribution in [3.63, 3.8) is 0 Å². The lowest BCUT2D eigenvalue weighted by atomic mass is 10.00. The molecule has 5 nitrogen and oxygen atoms in total. The van der Waals surface area contributed by atoms with Crippen molar-refractivity contribution < 1.29 is 9.52 Å². The lowest BCUT2D eigenvalue weighted by Gasteiger charge is -2.30. The van der Waals surface area contributed by atoms with E-state index in [1.54, 1.807) is 0 Å². The Bertz CT molecular complexity index is 541. The fourth-order valence-corrected chi connectivity index (χ4v) is 2.60. The molecule has 1 saturated heterocycles. The van der Waals surface area contributed by atoms with E-state index in [1.165, 1.54) is 0 Å². The average Bonchev–Trinajstić information content (AvgIpc) is 2.97. The largest absolute Gasteiger partial charge is 0.408 e. The molecule has 106 valence electrons. The van der Waals surface area contributed by atoms with Crippen LogP contribution in [0, 0.1) is 5.92 Å². The van der Waals surface area contributed by atoms with E-state index in [0.29, 0.717) is 24.2 Å². The van der Waals surface area contributed by atoms with Crippen LogP contribution in [0.1, 0.15) is 24.3 Å². The molecular weight excluding hydrogens is 254 g/mol. The van der Waals surface area contributed by atoms with E-state index < -0.39 is 0 Å². The minimum Gasteiger partial charge on any atom is -0.408 e. The average molecular weight is 273 g/mol. The third-order valence-electron chi connectivity index (χ3n) is 3.70. The van der Waals surface area contributed by atoms with Crippen LogP contribution in [0.25, 0.3) is 0 Å². The molecule has 2 heterocycles. The second-order valence-corrected chi connectivity index (χ2v) is 5.28. The molecule has 1 aliphatic rings. The highest BCUT2D eigenvalue weighted by Gasteiger charge is 2.23. The van der Waals surface area contributed by atoms with E-state index in [0.717, 1.165) is 31.5 Å². The number of aromatic nitrogens is 2. The Labute approximate surface area is 118 Å². The Morgan fingerprint density at radius 2 is 2.10 bits per heavy atom. The molecule has 0 saturated carbocycles. The standard InChI is InChI=1S/C15H19N3O2/c19-11-13-7-4-8-18(10-13)15-17-16-14(20-15)9-12-5-2-1-3-6-12/h1-3,5-6,13,19H,4,7-11H2. The van der Waals surface area contributed by atoms with Gasteiger partial charge >= 0.3 is 6.01 Å². The molecule has 3 rings (SSSR count). The van der Waals surface area contributed by atoms with Crippen LogP contribution in [-0.4, -0.2) is 35.0 Å². The molecule has 1 aromatic heterocycles. The Morgan fingerprint density at radius 1 is 1.25 bits per heavy atom. The van der Waals surface area contributed by atoms with Gasteiger partial charge in [0.1, 0.15) is 0 Å². The summed E-state index contributed by atoms with van der Waals surface area (Å²) in [5, 5.41) is 17.5. The normalized spacial score (nSPS) is 19.2. The first-order valence-corrected chi connectivity index (χ1v) is 7.07. The highest BCUT2D eigenvalue weighted by molar-refractivity contribution is 5.26. The number of hydrogen-bond donors (Lipinski definition) is 1. The summed E-state index contributed by atoms with van der Waals surface area (Å²) in [7, 11) is 0. The maximum Gasteiger partial charge on any atom is 0.318 e. The highest BCUT2D eigenvalue weighted by atomic mass is 16.4. The lowest BCUT2D eigenvalue weighted by molar-refractivity contribution is 0.206. The van der Waals surface area contributed by atoms with Crippen molar-refractivity contribution in [1.82, 2.24) is 10.2 Å². The number of benzene rings is 1. The molecule has 1 unspecified atom stereocenters. The van der Waals surface area contributed by atoms with Crippen molar-refractivity contribution in [2.75, 3.05) is 24.6 Å². The Kier molecular flexibility index (Phi) is 3.97. The van der Waals surface area contributed by atoms with Crippen molar-refractivity contribution in [1.29, 1.82) is 0 Å². The maximum absolute atomic E-state index is 9.26. The second kappa shape index (κ2) is 6.05. The number of rotatable bonds is 4. The molecule has 5 heteroatoms. The molecule has 0 spiro atoms. The number of piperidine rings is 1. The molecule has 0 bridgehead atoms. The minimum absolute atomic E-state index is 0.224. The molecule has 0 aliphatic carbocycles. The van der Waals surface area contributed by atoms with Crippen molar-refractivity contribution in [2.24, 2.45) is 5.92 Å². The SMILES string of the molecule is OCC1CCCN(c2nnc(Cc3ccccc3)o2)C1. The van der Waals surface area contributed by atoms with Gasteiger partial charge in [-0.15, -0.1) is 5.10 Å². The monoisotopic (exact) mass is 273 g/mol. The fraction of sp³-hybridized carbons (Fsp3) is 0.467. The molecular formula is C15H19N3O2. The molecule has 20 heavy (non-hydrogen) atoms. The second-order valence-electron chi connectivity index (χ2n) is 5.28. The fourth-order valence-electron chi connectivity index (χ4n) is 2.60. The maximum atomic E-state index is 9.26. The van der Waals surface area contributed by atoms with E-state index in [1.807, 2.05) is 30.3 Å². The molecule has 1 N–H and O–H groups in total. The molecule has 0 radical (unpaired) electrons. The van der Waals surface area contributed by atoms with Gasteiger partial charge in [0.05, 0.1) is 6.42 Å². The van der Waals surface area contributed by atoms with Crippen LogP contribution >= 0.6 is 0 Å². The van der Waals surface area contributed by atoms with Gasteiger partial charge < -0.3 is 14.4 Å². The zero-order chi connectivity index (χ0) is 13.8. The highest BCUT2D eigenvalue weighted by Crippen LogP contribution is 2.22.